The van der Waals surface area contributed by atoms with Crippen LogP contribution in [-0.2, 0) is 6.42 Å². The summed E-state index contributed by atoms with van der Waals surface area (Å²) in [6.07, 6.45) is 3.66. The average molecular weight is 489 g/mol. The van der Waals surface area contributed by atoms with Gasteiger partial charge in [0.05, 0.1) is 16.3 Å². The van der Waals surface area contributed by atoms with Gasteiger partial charge in [0.25, 0.3) is 5.56 Å². The molecule has 0 bridgehead atoms. The molecule has 0 saturated carbocycles. The molecule has 3 nitrogen and oxygen atoms in total. The zero-order valence-corrected chi connectivity index (χ0v) is 19.8. The summed E-state index contributed by atoms with van der Waals surface area (Å²) in [6, 6.07) is 23.5. The van der Waals surface area contributed by atoms with E-state index in [0.717, 1.165) is 40.8 Å². The van der Waals surface area contributed by atoms with Crippen LogP contribution in [0.4, 0.5) is 0 Å². The molecule has 0 saturated heterocycles. The third-order valence-corrected chi connectivity index (χ3v) is 7.77. The number of aromatic nitrogens is 1. The standard InChI is InChI=1S/C27H18Cl2N2OS/c28-18-11-13-20(22(29)15-18)25-21-12-10-17-8-4-5-9-19(17)24(21)30-27-31(25)26(32)23(33-27)14-16-6-2-1-3-7-16/h1-9,11,13-15,25H,10,12H2/b23-14+/t25-/m1/s1. The Morgan fingerprint density at radius 3 is 2.58 bits per heavy atom. The molecule has 0 radical (unpaired) electrons. The van der Waals surface area contributed by atoms with Crippen LogP contribution in [0.5, 0.6) is 0 Å². The minimum Gasteiger partial charge on any atom is -0.272 e. The van der Waals surface area contributed by atoms with Gasteiger partial charge in [0.1, 0.15) is 0 Å². The predicted molar refractivity (Wildman–Crippen MR) is 136 cm³/mol. The van der Waals surface area contributed by atoms with Gasteiger partial charge in [0.2, 0.25) is 0 Å². The molecular formula is C27H18Cl2N2OS. The molecule has 0 spiro atoms. The molecule has 1 aliphatic heterocycles. The molecule has 2 aliphatic rings. The Labute approximate surface area is 204 Å². The Balaban J connectivity index is 1.66. The molecular weight excluding hydrogens is 471 g/mol. The van der Waals surface area contributed by atoms with Crippen LogP contribution >= 0.6 is 34.5 Å². The van der Waals surface area contributed by atoms with Crippen molar-refractivity contribution >= 4 is 46.3 Å². The van der Waals surface area contributed by atoms with Crippen LogP contribution in [0.2, 0.25) is 10.0 Å². The van der Waals surface area contributed by atoms with Crippen molar-refractivity contribution in [2.75, 3.05) is 0 Å². The van der Waals surface area contributed by atoms with E-state index in [4.69, 9.17) is 28.2 Å². The van der Waals surface area contributed by atoms with E-state index in [1.165, 1.54) is 16.9 Å². The van der Waals surface area contributed by atoms with Crippen molar-refractivity contribution in [2.24, 2.45) is 4.99 Å². The molecule has 162 valence electrons. The summed E-state index contributed by atoms with van der Waals surface area (Å²) in [6.45, 7) is 0. The van der Waals surface area contributed by atoms with E-state index in [1.807, 2.05) is 54.6 Å². The second-order valence-electron chi connectivity index (χ2n) is 8.19. The van der Waals surface area contributed by atoms with Gasteiger partial charge in [0, 0.05) is 15.6 Å². The maximum Gasteiger partial charge on any atom is 0.271 e. The number of nitrogens with zero attached hydrogens (tertiary/aromatic N) is 2. The SMILES string of the molecule is O=c1/c(=C\c2ccccc2)sc2n1[C@H](c1ccc(Cl)cc1Cl)C1=C(N=2)c2ccccc2CC1. The highest BCUT2D eigenvalue weighted by Gasteiger charge is 2.33. The molecule has 2 heterocycles. The van der Waals surface area contributed by atoms with Crippen LogP contribution in [-0.4, -0.2) is 4.57 Å². The number of hydrogen-bond donors (Lipinski definition) is 0. The number of fused-ring (bicyclic) bond motifs is 3. The number of aryl methyl sites for hydroxylation is 1. The van der Waals surface area contributed by atoms with E-state index in [1.54, 1.807) is 10.6 Å². The molecule has 1 atom stereocenters. The van der Waals surface area contributed by atoms with Gasteiger partial charge in [-0.05, 0) is 53.3 Å². The third-order valence-electron chi connectivity index (χ3n) is 6.23. The first-order valence-electron chi connectivity index (χ1n) is 10.7. The lowest BCUT2D eigenvalue weighted by molar-refractivity contribution is 0.585. The topological polar surface area (TPSA) is 34.4 Å². The van der Waals surface area contributed by atoms with Crippen LogP contribution in [0.15, 0.2) is 88.2 Å². The summed E-state index contributed by atoms with van der Waals surface area (Å²) in [5.74, 6) is 0. The van der Waals surface area contributed by atoms with Gasteiger partial charge in [-0.2, -0.15) is 0 Å². The van der Waals surface area contributed by atoms with Crippen molar-refractivity contribution in [3.63, 3.8) is 0 Å². The minimum atomic E-state index is -0.313. The second-order valence-corrected chi connectivity index (χ2v) is 10.0. The Morgan fingerprint density at radius 2 is 1.76 bits per heavy atom. The van der Waals surface area contributed by atoms with Gasteiger partial charge in [-0.1, -0.05) is 95.2 Å². The van der Waals surface area contributed by atoms with Gasteiger partial charge in [0.15, 0.2) is 4.80 Å². The first-order chi connectivity index (χ1) is 16.1. The average Bonchev–Trinajstić information content (AvgIpc) is 3.13. The summed E-state index contributed by atoms with van der Waals surface area (Å²) in [7, 11) is 0. The molecule has 0 unspecified atom stereocenters. The minimum absolute atomic E-state index is 0.0518. The Kier molecular flexibility index (Phi) is 5.10. The van der Waals surface area contributed by atoms with E-state index >= 15 is 0 Å². The molecule has 1 aromatic heterocycles. The Bertz CT molecular complexity index is 1620. The van der Waals surface area contributed by atoms with Crippen molar-refractivity contribution in [3.8, 4) is 0 Å². The Morgan fingerprint density at radius 1 is 0.970 bits per heavy atom. The van der Waals surface area contributed by atoms with Crippen LogP contribution in [0, 0.1) is 0 Å². The highest BCUT2D eigenvalue weighted by atomic mass is 35.5. The van der Waals surface area contributed by atoms with Crippen molar-refractivity contribution in [1.29, 1.82) is 0 Å². The molecule has 4 aromatic rings. The predicted octanol–water partition coefficient (Wildman–Crippen LogP) is 5.63. The lowest BCUT2D eigenvalue weighted by atomic mass is 9.83. The quantitative estimate of drug-likeness (QED) is 0.360. The summed E-state index contributed by atoms with van der Waals surface area (Å²) in [4.78, 5) is 19.4. The number of allylic oxidation sites excluding steroid dienone is 1. The summed E-state index contributed by atoms with van der Waals surface area (Å²) in [5.41, 5.74) is 6.30. The van der Waals surface area contributed by atoms with Crippen molar-refractivity contribution in [2.45, 2.75) is 18.9 Å². The second kappa shape index (κ2) is 8.14. The fourth-order valence-corrected chi connectivity index (χ4v) is 6.24. The van der Waals surface area contributed by atoms with Crippen LogP contribution in [0.25, 0.3) is 11.8 Å². The van der Waals surface area contributed by atoms with Gasteiger partial charge in [-0.25, -0.2) is 4.99 Å². The van der Waals surface area contributed by atoms with Crippen LogP contribution < -0.4 is 14.9 Å². The van der Waals surface area contributed by atoms with E-state index in [9.17, 15) is 4.79 Å². The van der Waals surface area contributed by atoms with Gasteiger partial charge < -0.3 is 0 Å². The maximum atomic E-state index is 13.7. The third kappa shape index (κ3) is 3.50. The fourth-order valence-electron chi connectivity index (χ4n) is 4.72. The molecule has 1 aliphatic carbocycles. The van der Waals surface area contributed by atoms with E-state index in [2.05, 4.69) is 18.2 Å². The van der Waals surface area contributed by atoms with E-state index in [0.29, 0.717) is 19.4 Å². The fraction of sp³-hybridized carbons (Fsp3) is 0.111. The number of halogens is 2. The number of rotatable bonds is 2. The van der Waals surface area contributed by atoms with Crippen LogP contribution in [0.1, 0.15) is 34.7 Å². The smallest absolute Gasteiger partial charge is 0.271 e. The summed E-state index contributed by atoms with van der Waals surface area (Å²) in [5, 5.41) is 1.13. The first-order valence-corrected chi connectivity index (χ1v) is 12.3. The molecule has 6 heteroatoms. The summed E-state index contributed by atoms with van der Waals surface area (Å²) < 4.78 is 2.46. The van der Waals surface area contributed by atoms with Crippen molar-refractivity contribution in [3.05, 3.63) is 130 Å². The van der Waals surface area contributed by atoms with E-state index < -0.39 is 0 Å². The highest BCUT2D eigenvalue weighted by Crippen LogP contribution is 2.43. The molecule has 6 rings (SSSR count). The lowest BCUT2D eigenvalue weighted by Crippen LogP contribution is -2.38. The van der Waals surface area contributed by atoms with E-state index in [-0.39, 0.29) is 11.6 Å². The first kappa shape index (κ1) is 20.7. The van der Waals surface area contributed by atoms with Gasteiger partial charge >= 0.3 is 0 Å². The van der Waals surface area contributed by atoms with Gasteiger partial charge in [-0.15, -0.1) is 0 Å². The van der Waals surface area contributed by atoms with Crippen LogP contribution in [0.3, 0.4) is 0 Å². The Hall–Kier alpha value is -2.92. The monoisotopic (exact) mass is 488 g/mol. The van der Waals surface area contributed by atoms with Crippen molar-refractivity contribution < 1.29 is 0 Å². The largest absolute Gasteiger partial charge is 0.272 e. The lowest BCUT2D eigenvalue weighted by Gasteiger charge is -2.31. The maximum absolute atomic E-state index is 13.7. The summed E-state index contributed by atoms with van der Waals surface area (Å²) >= 11 is 14.3. The molecule has 0 amide bonds. The van der Waals surface area contributed by atoms with Crippen molar-refractivity contribution in [1.82, 2.24) is 4.57 Å². The zero-order chi connectivity index (χ0) is 22.5. The normalized spacial score (nSPS) is 17.3. The molecule has 33 heavy (non-hydrogen) atoms. The molecule has 3 aromatic carbocycles. The highest BCUT2D eigenvalue weighted by molar-refractivity contribution is 7.07. The molecule has 0 N–H and O–H groups in total. The number of benzene rings is 3. The number of thiazole rings is 1. The molecule has 0 fully saturated rings. The number of hydrogen-bond acceptors (Lipinski definition) is 3. The zero-order valence-electron chi connectivity index (χ0n) is 17.5. The van der Waals surface area contributed by atoms with Gasteiger partial charge in [-0.3, -0.25) is 9.36 Å².